The van der Waals surface area contributed by atoms with Gasteiger partial charge in [-0.2, -0.15) is 0 Å². The largest absolute Gasteiger partial charge is 0.427 e. The summed E-state index contributed by atoms with van der Waals surface area (Å²) in [5.41, 5.74) is 1.24. The summed E-state index contributed by atoms with van der Waals surface area (Å²) < 4.78 is 5.54. The fourth-order valence-corrected chi connectivity index (χ4v) is 4.88. The number of aryl methyl sites for hydroxylation is 1. The zero-order valence-electron chi connectivity index (χ0n) is 23.9. The minimum absolute atomic E-state index is 0.239. The van der Waals surface area contributed by atoms with Crippen molar-refractivity contribution in [3.05, 3.63) is 29.8 Å². The summed E-state index contributed by atoms with van der Waals surface area (Å²) in [6, 6.07) is 7.95. The van der Waals surface area contributed by atoms with Gasteiger partial charge in [0.2, 0.25) is 0 Å². The monoisotopic (exact) mass is 502 g/mol. The van der Waals surface area contributed by atoms with E-state index in [1.807, 2.05) is 18.2 Å². The topological polar surface area (TPSA) is 46.5 Å². The summed E-state index contributed by atoms with van der Waals surface area (Å²) in [5, 5.41) is 10.3. The van der Waals surface area contributed by atoms with Crippen LogP contribution in [0.2, 0.25) is 0 Å². The molecule has 0 heterocycles. The molecular formula is C33H58O3. The van der Waals surface area contributed by atoms with Crippen LogP contribution in [0.5, 0.6) is 5.75 Å². The van der Waals surface area contributed by atoms with Crippen LogP contribution in [0.15, 0.2) is 24.3 Å². The van der Waals surface area contributed by atoms with Crippen molar-refractivity contribution >= 4 is 5.97 Å². The second-order valence-electron chi connectivity index (χ2n) is 10.9. The molecule has 0 bridgehead atoms. The van der Waals surface area contributed by atoms with Crippen LogP contribution in [0.1, 0.15) is 161 Å². The summed E-state index contributed by atoms with van der Waals surface area (Å²) in [6.45, 7) is 4.52. The molecule has 0 aliphatic heterocycles. The van der Waals surface area contributed by atoms with E-state index in [9.17, 15) is 9.90 Å². The SMILES string of the molecule is CCCCCCCCCCCCCCC(O)CCC(=O)Oc1cccc(CCCCCCCCC)c1. The highest BCUT2D eigenvalue weighted by molar-refractivity contribution is 5.72. The van der Waals surface area contributed by atoms with Crippen LogP contribution in [0, 0.1) is 0 Å². The normalized spacial score (nSPS) is 12.1. The van der Waals surface area contributed by atoms with E-state index in [1.54, 1.807) is 0 Å². The molecule has 208 valence electrons. The fourth-order valence-electron chi connectivity index (χ4n) is 4.88. The van der Waals surface area contributed by atoms with E-state index < -0.39 is 6.10 Å². The summed E-state index contributed by atoms with van der Waals surface area (Å²) in [6.07, 6.45) is 27.2. The van der Waals surface area contributed by atoms with Crippen LogP contribution in [-0.2, 0) is 11.2 Å². The van der Waals surface area contributed by atoms with Gasteiger partial charge in [-0.15, -0.1) is 0 Å². The molecular weight excluding hydrogens is 444 g/mol. The molecule has 3 nitrogen and oxygen atoms in total. The summed E-state index contributed by atoms with van der Waals surface area (Å²) >= 11 is 0. The number of rotatable bonds is 25. The fraction of sp³-hybridized carbons (Fsp3) is 0.788. The number of hydrogen-bond acceptors (Lipinski definition) is 3. The van der Waals surface area contributed by atoms with Crippen molar-refractivity contribution in [2.45, 2.75) is 168 Å². The Bertz CT molecular complexity index is 627. The Kier molecular flexibility index (Phi) is 21.8. The van der Waals surface area contributed by atoms with Crippen molar-refractivity contribution in [1.29, 1.82) is 0 Å². The Hall–Kier alpha value is -1.35. The predicted octanol–water partition coefficient (Wildman–Crippen LogP) is 10.1. The molecule has 0 amide bonds. The van der Waals surface area contributed by atoms with Gasteiger partial charge in [-0.1, -0.05) is 142 Å². The average Bonchev–Trinajstić information content (AvgIpc) is 2.88. The molecule has 1 N–H and O–H groups in total. The van der Waals surface area contributed by atoms with Crippen molar-refractivity contribution in [2.75, 3.05) is 0 Å². The number of esters is 1. The van der Waals surface area contributed by atoms with Gasteiger partial charge in [-0.05, 0) is 43.4 Å². The van der Waals surface area contributed by atoms with Crippen molar-refractivity contribution in [3.8, 4) is 5.75 Å². The van der Waals surface area contributed by atoms with Gasteiger partial charge in [0.1, 0.15) is 5.75 Å². The molecule has 0 aromatic heterocycles. The number of ether oxygens (including phenoxy) is 1. The third kappa shape index (κ3) is 19.8. The lowest BCUT2D eigenvalue weighted by Crippen LogP contribution is -2.13. The van der Waals surface area contributed by atoms with E-state index in [0.717, 1.165) is 19.3 Å². The Morgan fingerprint density at radius 2 is 1.19 bits per heavy atom. The highest BCUT2D eigenvalue weighted by atomic mass is 16.5. The molecule has 0 saturated heterocycles. The molecule has 1 aromatic rings. The molecule has 0 aliphatic carbocycles. The van der Waals surface area contributed by atoms with E-state index in [2.05, 4.69) is 19.9 Å². The molecule has 0 radical (unpaired) electrons. The van der Waals surface area contributed by atoms with Crippen LogP contribution in [0.3, 0.4) is 0 Å². The maximum absolute atomic E-state index is 12.3. The van der Waals surface area contributed by atoms with Gasteiger partial charge in [0, 0.05) is 6.42 Å². The zero-order chi connectivity index (χ0) is 26.1. The van der Waals surface area contributed by atoms with Gasteiger partial charge in [0.15, 0.2) is 0 Å². The van der Waals surface area contributed by atoms with Crippen LogP contribution in [0.25, 0.3) is 0 Å². The number of aliphatic hydroxyl groups is 1. The quantitative estimate of drug-likeness (QED) is 0.0821. The van der Waals surface area contributed by atoms with Crippen molar-refractivity contribution in [1.82, 2.24) is 0 Å². The van der Waals surface area contributed by atoms with E-state index in [1.165, 1.54) is 121 Å². The number of benzene rings is 1. The first-order valence-corrected chi connectivity index (χ1v) is 15.6. The van der Waals surface area contributed by atoms with E-state index >= 15 is 0 Å². The number of aliphatic hydroxyl groups excluding tert-OH is 1. The van der Waals surface area contributed by atoms with Gasteiger partial charge < -0.3 is 9.84 Å². The molecule has 0 fully saturated rings. The lowest BCUT2D eigenvalue weighted by molar-refractivity contribution is -0.135. The van der Waals surface area contributed by atoms with E-state index in [0.29, 0.717) is 12.2 Å². The van der Waals surface area contributed by atoms with Crippen LogP contribution in [-0.4, -0.2) is 17.2 Å². The van der Waals surface area contributed by atoms with Gasteiger partial charge in [0.25, 0.3) is 0 Å². The lowest BCUT2D eigenvalue weighted by Gasteiger charge is -2.11. The van der Waals surface area contributed by atoms with Gasteiger partial charge in [0.05, 0.1) is 6.10 Å². The van der Waals surface area contributed by atoms with E-state index in [4.69, 9.17) is 4.74 Å². The number of unbranched alkanes of at least 4 members (excludes halogenated alkanes) is 17. The molecule has 1 aromatic carbocycles. The summed E-state index contributed by atoms with van der Waals surface area (Å²) in [4.78, 5) is 12.3. The highest BCUT2D eigenvalue weighted by Gasteiger charge is 2.10. The smallest absolute Gasteiger partial charge is 0.311 e. The van der Waals surface area contributed by atoms with Crippen molar-refractivity contribution in [3.63, 3.8) is 0 Å². The minimum atomic E-state index is -0.399. The van der Waals surface area contributed by atoms with Crippen LogP contribution >= 0.6 is 0 Å². The third-order valence-electron chi connectivity index (χ3n) is 7.27. The highest BCUT2D eigenvalue weighted by Crippen LogP contribution is 2.18. The molecule has 36 heavy (non-hydrogen) atoms. The number of carbonyl (C=O) groups excluding carboxylic acids is 1. The predicted molar refractivity (Wildman–Crippen MR) is 155 cm³/mol. The number of hydrogen-bond donors (Lipinski definition) is 1. The van der Waals surface area contributed by atoms with Crippen LogP contribution in [0.4, 0.5) is 0 Å². The standard InChI is InChI=1S/C33H58O3/c1-3-5-7-9-11-12-13-14-15-17-19-21-25-31(34)27-28-33(35)36-32-26-22-24-30(29-32)23-20-18-16-10-8-6-4-2/h22,24,26,29,31,34H,3-21,23,25,27-28H2,1-2H3. The molecule has 3 heteroatoms. The summed E-state index contributed by atoms with van der Waals surface area (Å²) in [7, 11) is 0. The molecule has 1 rings (SSSR count). The first-order chi connectivity index (χ1) is 17.7. The Balaban J connectivity index is 2.03. The van der Waals surface area contributed by atoms with E-state index in [-0.39, 0.29) is 12.4 Å². The number of carbonyl (C=O) groups is 1. The first-order valence-electron chi connectivity index (χ1n) is 15.6. The lowest BCUT2D eigenvalue weighted by atomic mass is 10.0. The first kappa shape index (κ1) is 32.7. The maximum Gasteiger partial charge on any atom is 0.311 e. The Morgan fingerprint density at radius 3 is 1.75 bits per heavy atom. The zero-order valence-corrected chi connectivity index (χ0v) is 23.9. The Labute approximate surface area is 223 Å². The van der Waals surface area contributed by atoms with Crippen molar-refractivity contribution < 1.29 is 14.6 Å². The van der Waals surface area contributed by atoms with Gasteiger partial charge >= 0.3 is 5.97 Å². The third-order valence-corrected chi connectivity index (χ3v) is 7.27. The van der Waals surface area contributed by atoms with Crippen LogP contribution < -0.4 is 4.74 Å². The average molecular weight is 503 g/mol. The Morgan fingerprint density at radius 1 is 0.694 bits per heavy atom. The van der Waals surface area contributed by atoms with Gasteiger partial charge in [-0.3, -0.25) is 4.79 Å². The maximum atomic E-state index is 12.3. The molecule has 0 spiro atoms. The molecule has 0 aliphatic rings. The van der Waals surface area contributed by atoms with Crippen molar-refractivity contribution in [2.24, 2.45) is 0 Å². The molecule has 1 atom stereocenters. The minimum Gasteiger partial charge on any atom is -0.427 e. The summed E-state index contributed by atoms with van der Waals surface area (Å²) in [5.74, 6) is 0.396. The van der Waals surface area contributed by atoms with Gasteiger partial charge in [-0.25, -0.2) is 0 Å². The molecule has 0 saturated carbocycles. The second-order valence-corrected chi connectivity index (χ2v) is 10.9. The molecule has 1 unspecified atom stereocenters. The second kappa shape index (κ2) is 24.0.